The molecule has 0 bridgehead atoms. The summed E-state index contributed by atoms with van der Waals surface area (Å²) in [5.41, 5.74) is 0. The number of hydrogen-bond donors (Lipinski definition) is 0. The third-order valence-electron chi connectivity index (χ3n) is 11.7. The lowest BCUT2D eigenvalue weighted by atomic mass is 9.97. The second-order valence-corrected chi connectivity index (χ2v) is 17.5. The Bertz CT molecular complexity index is 808. The van der Waals surface area contributed by atoms with Crippen LogP contribution in [0.15, 0.2) is 0 Å². The topological polar surface area (TPSA) is 49.9 Å². The Morgan fingerprint density at radius 3 is 1.25 bits per heavy atom. The molecule has 55 heavy (non-hydrogen) atoms. The first-order chi connectivity index (χ1) is 26.8. The zero-order chi connectivity index (χ0) is 40.6. The zero-order valence-corrected chi connectivity index (χ0v) is 38.1. The van der Waals surface area contributed by atoms with Crippen LogP contribution >= 0.6 is 0 Å². The van der Waals surface area contributed by atoms with Gasteiger partial charge in [-0.15, -0.1) is 0 Å². The maximum Gasteiger partial charge on any atom is 0.340 e. The molecule has 0 aliphatic heterocycles. The highest BCUT2D eigenvalue weighted by atomic mass is 19.1. The van der Waals surface area contributed by atoms with Crippen molar-refractivity contribution in [2.24, 2.45) is 0 Å². The molecule has 0 aliphatic rings. The van der Waals surface area contributed by atoms with Gasteiger partial charge < -0.3 is 14.5 Å². The predicted molar refractivity (Wildman–Crippen MR) is 238 cm³/mol. The smallest absolute Gasteiger partial charge is 0.340 e. The first-order valence-corrected chi connectivity index (χ1v) is 24.6. The first kappa shape index (κ1) is 53.8. The van der Waals surface area contributed by atoms with Crippen molar-refractivity contribution in [3.05, 3.63) is 0 Å². The van der Waals surface area contributed by atoms with Crippen LogP contribution in [-0.4, -0.2) is 67.2 Å². The Hall–Kier alpha value is -1.17. The lowest BCUT2D eigenvalue weighted by Gasteiger charge is -2.33. The Balaban J connectivity index is 5.32. The summed E-state index contributed by atoms with van der Waals surface area (Å²) in [5, 5.41) is 0. The summed E-state index contributed by atoms with van der Waals surface area (Å²) in [6, 6.07) is 0.205. The van der Waals surface area contributed by atoms with Crippen molar-refractivity contribution in [1.29, 1.82) is 0 Å². The molecule has 0 N–H and O–H groups in total. The van der Waals surface area contributed by atoms with Gasteiger partial charge in [0.2, 0.25) is 5.91 Å². The van der Waals surface area contributed by atoms with Gasteiger partial charge >= 0.3 is 5.97 Å². The van der Waals surface area contributed by atoms with Gasteiger partial charge in [-0.2, -0.15) is 0 Å². The van der Waals surface area contributed by atoms with E-state index in [2.05, 4.69) is 51.6 Å². The highest BCUT2D eigenvalue weighted by molar-refractivity contribution is 5.76. The summed E-state index contributed by atoms with van der Waals surface area (Å²) >= 11 is 0. The van der Waals surface area contributed by atoms with Crippen LogP contribution in [0.25, 0.3) is 0 Å². The van der Waals surface area contributed by atoms with E-state index < -0.39 is 12.1 Å². The molecule has 0 aromatic carbocycles. The average molecular weight is 781 g/mol. The summed E-state index contributed by atoms with van der Waals surface area (Å²) in [6.45, 7) is 10.8. The van der Waals surface area contributed by atoms with Crippen LogP contribution in [0.2, 0.25) is 0 Å². The standard InChI is InChI=1S/C49H97FN2O3/c1-7-11-15-19-23-25-29-35-44-52(48(53)42-36-43-51(5)6)45(37-30-26-24-20-16-12-8-2)38-33-34-41-47(50)49(54)55-46(39-31-27-21-17-13-9-3)40-32-28-22-18-14-10-4/h45-47H,7-44H2,1-6H3. The van der Waals surface area contributed by atoms with E-state index in [0.717, 1.165) is 90.1 Å². The van der Waals surface area contributed by atoms with E-state index in [1.54, 1.807) is 0 Å². The Kier molecular flexibility index (Phi) is 40.1. The van der Waals surface area contributed by atoms with Crippen molar-refractivity contribution < 1.29 is 18.7 Å². The van der Waals surface area contributed by atoms with Crippen molar-refractivity contribution in [3.63, 3.8) is 0 Å². The summed E-state index contributed by atoms with van der Waals surface area (Å²) in [6.07, 6.45) is 38.5. The molecule has 5 nitrogen and oxygen atoms in total. The first-order valence-electron chi connectivity index (χ1n) is 24.6. The normalized spacial score (nSPS) is 12.8. The van der Waals surface area contributed by atoms with Gasteiger partial charge in [-0.3, -0.25) is 4.79 Å². The van der Waals surface area contributed by atoms with Crippen LogP contribution in [0, 0.1) is 0 Å². The summed E-state index contributed by atoms with van der Waals surface area (Å²) in [5.74, 6) is -0.347. The van der Waals surface area contributed by atoms with E-state index >= 15 is 4.39 Å². The minimum absolute atomic E-state index is 0.155. The maximum atomic E-state index is 15.4. The van der Waals surface area contributed by atoms with Crippen LogP contribution in [0.1, 0.15) is 259 Å². The molecule has 0 saturated heterocycles. The molecule has 0 aliphatic carbocycles. The van der Waals surface area contributed by atoms with Crippen molar-refractivity contribution >= 4 is 11.9 Å². The van der Waals surface area contributed by atoms with Gasteiger partial charge in [-0.05, 0) is 84.8 Å². The van der Waals surface area contributed by atoms with Gasteiger partial charge in [0.15, 0.2) is 6.17 Å². The summed E-state index contributed by atoms with van der Waals surface area (Å²) in [4.78, 5) is 31.2. The minimum atomic E-state index is -1.56. The number of halogens is 1. The fraction of sp³-hybridized carbons (Fsp3) is 0.959. The van der Waals surface area contributed by atoms with Crippen molar-refractivity contribution in [2.45, 2.75) is 277 Å². The van der Waals surface area contributed by atoms with Crippen molar-refractivity contribution in [3.8, 4) is 0 Å². The number of carbonyl (C=O) groups is 2. The molecule has 328 valence electrons. The quantitative estimate of drug-likeness (QED) is 0.0457. The molecule has 1 amide bonds. The number of rotatable bonds is 43. The fourth-order valence-electron chi connectivity index (χ4n) is 8.04. The third kappa shape index (κ3) is 34.6. The molecule has 0 aromatic rings. The molecular weight excluding hydrogens is 684 g/mol. The molecular formula is C49H97FN2O3. The molecule has 0 aromatic heterocycles. The van der Waals surface area contributed by atoms with Gasteiger partial charge in [0.25, 0.3) is 0 Å². The lowest BCUT2D eigenvalue weighted by molar-refractivity contribution is -0.156. The van der Waals surface area contributed by atoms with E-state index in [1.807, 2.05) is 0 Å². The van der Waals surface area contributed by atoms with E-state index in [9.17, 15) is 9.59 Å². The van der Waals surface area contributed by atoms with E-state index in [0.29, 0.717) is 18.7 Å². The van der Waals surface area contributed by atoms with Crippen LogP contribution in [0.4, 0.5) is 4.39 Å². The van der Waals surface area contributed by atoms with Crippen molar-refractivity contribution in [1.82, 2.24) is 9.80 Å². The second-order valence-electron chi connectivity index (χ2n) is 17.5. The number of alkyl halides is 1. The average Bonchev–Trinajstić information content (AvgIpc) is 3.17. The highest BCUT2D eigenvalue weighted by Crippen LogP contribution is 2.23. The van der Waals surface area contributed by atoms with Crippen LogP contribution < -0.4 is 0 Å². The number of hydrogen-bond acceptors (Lipinski definition) is 4. The van der Waals surface area contributed by atoms with E-state index in [4.69, 9.17) is 4.74 Å². The van der Waals surface area contributed by atoms with Gasteiger partial charge in [0, 0.05) is 19.0 Å². The second kappa shape index (κ2) is 41.0. The molecule has 2 unspecified atom stereocenters. The Morgan fingerprint density at radius 2 is 0.818 bits per heavy atom. The Labute approximate surface area is 343 Å². The molecule has 0 fully saturated rings. The number of ether oxygens (including phenoxy) is 1. The van der Waals surface area contributed by atoms with Crippen LogP contribution in [0.3, 0.4) is 0 Å². The molecule has 0 heterocycles. The SMILES string of the molecule is CCCCCCCCCCN(C(=O)CCCN(C)C)C(CCCCCCCCC)CCCCC(F)C(=O)OC(CCCCCCCC)CCCCCCCC. The number of nitrogens with zero attached hydrogens (tertiary/aromatic N) is 2. The maximum absolute atomic E-state index is 15.4. The van der Waals surface area contributed by atoms with Gasteiger partial charge in [0.05, 0.1) is 0 Å². The van der Waals surface area contributed by atoms with Gasteiger partial charge in [-0.1, -0.05) is 188 Å². The summed E-state index contributed by atoms with van der Waals surface area (Å²) < 4.78 is 21.3. The van der Waals surface area contributed by atoms with Crippen LogP contribution in [-0.2, 0) is 14.3 Å². The summed E-state index contributed by atoms with van der Waals surface area (Å²) in [7, 11) is 4.15. The number of carbonyl (C=O) groups excluding carboxylic acids is 2. The number of unbranched alkanes of at least 4 members (excludes halogenated alkanes) is 24. The number of amides is 1. The van der Waals surface area contributed by atoms with E-state index in [1.165, 1.54) is 135 Å². The molecule has 0 rings (SSSR count). The third-order valence-corrected chi connectivity index (χ3v) is 11.7. The van der Waals surface area contributed by atoms with Gasteiger partial charge in [-0.25, -0.2) is 9.18 Å². The zero-order valence-electron chi connectivity index (χ0n) is 38.1. The monoisotopic (exact) mass is 781 g/mol. The minimum Gasteiger partial charge on any atom is -0.460 e. The van der Waals surface area contributed by atoms with Crippen LogP contribution in [0.5, 0.6) is 0 Å². The molecule has 0 spiro atoms. The molecule has 6 heteroatoms. The molecule has 2 atom stereocenters. The largest absolute Gasteiger partial charge is 0.460 e. The molecule has 0 saturated carbocycles. The Morgan fingerprint density at radius 1 is 0.455 bits per heavy atom. The lowest BCUT2D eigenvalue weighted by Crippen LogP contribution is -2.41. The number of esters is 1. The van der Waals surface area contributed by atoms with E-state index in [-0.39, 0.29) is 18.6 Å². The highest BCUT2D eigenvalue weighted by Gasteiger charge is 2.25. The fourth-order valence-corrected chi connectivity index (χ4v) is 8.04. The van der Waals surface area contributed by atoms with Gasteiger partial charge in [0.1, 0.15) is 6.10 Å². The van der Waals surface area contributed by atoms with Crippen molar-refractivity contribution in [2.75, 3.05) is 27.2 Å². The predicted octanol–water partition coefficient (Wildman–Crippen LogP) is 15.1. The molecule has 0 radical (unpaired) electrons.